The van der Waals surface area contributed by atoms with Crippen LogP contribution in [0.25, 0.3) is 0 Å². The SMILES string of the molecule is CC(C)(C)c1cc(CCC(=O)OCCCCC(CCCCOC(=O)CCc2cc(C(C)(C)C)c(O)c(C(C)(C)C)c2)(C(=O)O)C(OC(=O)CCc2cc(C(C)(C)C)c(O)c(C(C)(C)C)c2)c2cc(C(C)(C)C)c(O)c(C(C)(C)C)c2)cc(C(C)(C)C)c1O. The van der Waals surface area contributed by atoms with Gasteiger partial charge in [-0.25, -0.2) is 0 Å². The molecule has 0 aliphatic carbocycles. The molecule has 0 aliphatic rings. The van der Waals surface area contributed by atoms with Crippen LogP contribution in [0.3, 0.4) is 0 Å². The highest BCUT2D eigenvalue weighted by Gasteiger charge is 2.49. The molecule has 490 valence electrons. The average molecular weight is 1220 g/mol. The monoisotopic (exact) mass is 1220 g/mol. The van der Waals surface area contributed by atoms with Crippen molar-refractivity contribution in [1.82, 2.24) is 0 Å². The zero-order valence-corrected chi connectivity index (χ0v) is 58.7. The summed E-state index contributed by atoms with van der Waals surface area (Å²) in [4.78, 5) is 56.4. The third-order valence-electron chi connectivity index (χ3n) is 17.0. The molecule has 12 nitrogen and oxygen atoms in total. The number of rotatable bonds is 23. The van der Waals surface area contributed by atoms with E-state index in [-0.39, 0.29) is 109 Å². The molecule has 4 aromatic carbocycles. The Morgan fingerprint density at radius 2 is 0.580 bits per heavy atom. The van der Waals surface area contributed by atoms with Gasteiger partial charge in [0.15, 0.2) is 0 Å². The number of aryl methyl sites for hydroxylation is 3. The maximum atomic E-state index is 14.8. The molecule has 0 fully saturated rings. The van der Waals surface area contributed by atoms with Crippen molar-refractivity contribution in [3.05, 3.63) is 115 Å². The molecule has 0 aromatic heterocycles. The summed E-state index contributed by atoms with van der Waals surface area (Å²) in [6.45, 7) is 48.5. The maximum absolute atomic E-state index is 14.8. The Morgan fingerprint density at radius 1 is 0.352 bits per heavy atom. The third kappa shape index (κ3) is 19.7. The predicted molar refractivity (Wildman–Crippen MR) is 356 cm³/mol. The molecule has 0 saturated carbocycles. The summed E-state index contributed by atoms with van der Waals surface area (Å²) < 4.78 is 18.4. The number of aliphatic carboxylic acids is 1. The van der Waals surface area contributed by atoms with Crippen LogP contribution in [0.1, 0.15) is 297 Å². The lowest BCUT2D eigenvalue weighted by molar-refractivity contribution is -0.173. The quantitative estimate of drug-likeness (QED) is 0.0268. The van der Waals surface area contributed by atoms with Crippen LogP contribution in [-0.2, 0) is 96.0 Å². The van der Waals surface area contributed by atoms with Crippen LogP contribution >= 0.6 is 0 Å². The van der Waals surface area contributed by atoms with Gasteiger partial charge >= 0.3 is 23.9 Å². The lowest BCUT2D eigenvalue weighted by Gasteiger charge is -2.39. The molecule has 0 aliphatic heterocycles. The number of unbranched alkanes of at least 4 members (excludes halogenated alkanes) is 2. The number of carbonyl (C=O) groups excluding carboxylic acids is 3. The van der Waals surface area contributed by atoms with Crippen molar-refractivity contribution in [2.45, 2.75) is 293 Å². The first kappa shape index (κ1) is 74.4. The summed E-state index contributed by atoms with van der Waals surface area (Å²) in [6.07, 6.45) is 0.914. The number of hydrogen-bond acceptors (Lipinski definition) is 11. The molecule has 0 heterocycles. The van der Waals surface area contributed by atoms with Gasteiger partial charge in [-0.15, -0.1) is 0 Å². The van der Waals surface area contributed by atoms with Crippen molar-refractivity contribution in [3.8, 4) is 23.0 Å². The minimum Gasteiger partial charge on any atom is -0.507 e. The van der Waals surface area contributed by atoms with Crippen molar-refractivity contribution in [1.29, 1.82) is 0 Å². The van der Waals surface area contributed by atoms with Gasteiger partial charge in [-0.1, -0.05) is 203 Å². The highest BCUT2D eigenvalue weighted by atomic mass is 16.5. The van der Waals surface area contributed by atoms with E-state index in [0.29, 0.717) is 42.4 Å². The maximum Gasteiger partial charge on any atom is 0.313 e. The third-order valence-corrected chi connectivity index (χ3v) is 17.0. The van der Waals surface area contributed by atoms with Crippen LogP contribution in [0.5, 0.6) is 23.0 Å². The second-order valence-electron chi connectivity index (χ2n) is 33.3. The Bertz CT molecular complexity index is 2850. The molecular weight excluding hydrogens is 1100 g/mol. The van der Waals surface area contributed by atoms with E-state index in [1.54, 1.807) is 12.1 Å². The number of carboxylic acids is 1. The molecule has 1 atom stereocenters. The van der Waals surface area contributed by atoms with Crippen LogP contribution in [0, 0.1) is 5.41 Å². The molecule has 0 amide bonds. The van der Waals surface area contributed by atoms with Crippen molar-refractivity contribution < 1.29 is 58.9 Å². The average Bonchev–Trinajstić information content (AvgIpc) is 3.24. The Labute approximate surface area is 530 Å². The normalized spacial score (nSPS) is 13.5. The van der Waals surface area contributed by atoms with Crippen LogP contribution in [-0.4, -0.2) is 62.6 Å². The van der Waals surface area contributed by atoms with Gasteiger partial charge < -0.3 is 39.7 Å². The number of phenols is 4. The summed E-state index contributed by atoms with van der Waals surface area (Å²) in [6, 6.07) is 15.3. The van der Waals surface area contributed by atoms with Gasteiger partial charge in [0.25, 0.3) is 0 Å². The molecule has 5 N–H and O–H groups in total. The molecule has 4 rings (SSSR count). The molecule has 1 unspecified atom stereocenters. The minimum absolute atomic E-state index is 0.00838. The zero-order chi connectivity index (χ0) is 67.3. The number of carboxylic acid groups (broad SMARTS) is 1. The van der Waals surface area contributed by atoms with Crippen molar-refractivity contribution in [3.63, 3.8) is 0 Å². The molecule has 0 saturated heterocycles. The summed E-state index contributed by atoms with van der Waals surface area (Å²) in [7, 11) is 0. The Hall–Kier alpha value is -6.04. The Balaban J connectivity index is 1.75. The van der Waals surface area contributed by atoms with E-state index in [2.05, 4.69) is 0 Å². The highest BCUT2D eigenvalue weighted by molar-refractivity contribution is 5.78. The largest absolute Gasteiger partial charge is 0.507 e. The molecule has 0 bridgehead atoms. The van der Waals surface area contributed by atoms with Crippen molar-refractivity contribution >= 4 is 23.9 Å². The van der Waals surface area contributed by atoms with E-state index in [9.17, 15) is 44.7 Å². The highest BCUT2D eigenvalue weighted by Crippen LogP contribution is 2.51. The number of phenolic OH excluding ortho intramolecular Hbond substituents is 4. The van der Waals surface area contributed by atoms with Crippen molar-refractivity contribution in [2.75, 3.05) is 13.2 Å². The van der Waals surface area contributed by atoms with E-state index < -0.39 is 57.1 Å². The Kier molecular flexibility index (Phi) is 23.7. The fraction of sp³-hybridized carbons (Fsp3) is 0.632. The first-order valence-corrected chi connectivity index (χ1v) is 32.1. The number of carbonyl (C=O) groups is 4. The fourth-order valence-electron chi connectivity index (χ4n) is 11.6. The Morgan fingerprint density at radius 3 is 0.807 bits per heavy atom. The topological polar surface area (TPSA) is 197 Å². The lowest BCUT2D eigenvalue weighted by atomic mass is 9.69. The van der Waals surface area contributed by atoms with E-state index in [0.717, 1.165) is 50.1 Å². The summed E-state index contributed by atoms with van der Waals surface area (Å²) in [5, 5.41) is 58.1. The van der Waals surface area contributed by atoms with E-state index in [1.807, 2.05) is 203 Å². The van der Waals surface area contributed by atoms with Gasteiger partial charge in [0.05, 0.1) is 13.2 Å². The minimum atomic E-state index is -1.77. The van der Waals surface area contributed by atoms with Gasteiger partial charge in [0.2, 0.25) is 0 Å². The van der Waals surface area contributed by atoms with E-state index in [1.165, 1.54) is 0 Å². The van der Waals surface area contributed by atoms with Gasteiger partial charge in [-0.2, -0.15) is 0 Å². The molecule has 88 heavy (non-hydrogen) atoms. The zero-order valence-electron chi connectivity index (χ0n) is 58.7. The number of aromatic hydroxyl groups is 4. The number of hydrogen-bond donors (Lipinski definition) is 5. The number of ether oxygens (including phenoxy) is 3. The van der Waals surface area contributed by atoms with Gasteiger partial charge in [0.1, 0.15) is 34.5 Å². The molecule has 4 aromatic rings. The van der Waals surface area contributed by atoms with Gasteiger partial charge in [0, 0.05) is 19.3 Å². The van der Waals surface area contributed by atoms with Crippen LogP contribution in [0.2, 0.25) is 0 Å². The standard InChI is InChI=1S/C76H114O12/c1-68(2,3)51-39-47(40-52(62(51)80)69(4,5)6)29-32-59(77)86-37-27-25-35-76(67(84)85,36-26-28-38-87-60(78)33-30-48-41-53(70(7,8)9)63(81)54(42-48)71(10,11)12)66(50-45-57(74(19,20)21)65(83)58(46-50)75(22,23)24)88-61(79)34-31-49-43-55(72(13,14)15)64(82)56(44-49)73(16,17)18/h39-46,66,80-83H,25-38H2,1-24H3,(H,84,85). The van der Waals surface area contributed by atoms with E-state index >= 15 is 0 Å². The summed E-state index contributed by atoms with van der Waals surface area (Å²) >= 11 is 0. The van der Waals surface area contributed by atoms with Crippen LogP contribution < -0.4 is 0 Å². The molecule has 0 radical (unpaired) electrons. The van der Waals surface area contributed by atoms with Crippen molar-refractivity contribution in [2.24, 2.45) is 5.41 Å². The first-order valence-electron chi connectivity index (χ1n) is 32.1. The molecule has 0 spiro atoms. The van der Waals surface area contributed by atoms with Gasteiger partial charge in [-0.05, 0) is 180 Å². The predicted octanol–water partition coefficient (Wildman–Crippen LogP) is 17.9. The summed E-state index contributed by atoms with van der Waals surface area (Å²) in [5.41, 5.74) is 3.71. The smallest absolute Gasteiger partial charge is 0.313 e. The van der Waals surface area contributed by atoms with Gasteiger partial charge in [-0.3, -0.25) is 19.2 Å². The lowest BCUT2D eigenvalue weighted by Crippen LogP contribution is -2.40. The van der Waals surface area contributed by atoms with E-state index in [4.69, 9.17) is 14.2 Å². The number of benzene rings is 4. The van der Waals surface area contributed by atoms with Crippen LogP contribution in [0.15, 0.2) is 48.5 Å². The molecular formula is C76H114O12. The first-order chi connectivity index (χ1) is 39.9. The molecule has 12 heteroatoms. The fourth-order valence-corrected chi connectivity index (χ4v) is 11.6. The van der Waals surface area contributed by atoms with Crippen LogP contribution in [0.4, 0.5) is 0 Å². The second-order valence-corrected chi connectivity index (χ2v) is 33.3. The second kappa shape index (κ2) is 28.0. The summed E-state index contributed by atoms with van der Waals surface area (Å²) in [5.74, 6) is -1.81. The number of esters is 3.